The molecule has 0 aliphatic rings. The van der Waals surface area contributed by atoms with Gasteiger partial charge in [-0.05, 0) is 114 Å². The molecule has 0 heterocycles. The summed E-state index contributed by atoms with van der Waals surface area (Å²) in [7, 11) is -14.7. The maximum atomic E-state index is 11.2. The molecule has 6 radical (unpaired) electrons. The summed E-state index contributed by atoms with van der Waals surface area (Å²) < 4.78 is 113. The van der Waals surface area contributed by atoms with E-state index < -0.39 is 41.5 Å². The van der Waals surface area contributed by atoms with Crippen molar-refractivity contribution in [1.29, 1.82) is 0 Å². The van der Waals surface area contributed by atoms with Gasteiger partial charge in [-0.1, -0.05) is 119 Å². The second-order valence-corrected chi connectivity index (χ2v) is 28.1. The summed E-state index contributed by atoms with van der Waals surface area (Å²) >= 11 is 23.2. The fourth-order valence-electron chi connectivity index (χ4n) is 9.61. The van der Waals surface area contributed by atoms with Crippen molar-refractivity contribution in [2.75, 3.05) is 0 Å². The fourth-order valence-corrected chi connectivity index (χ4v) is 11.5. The molecule has 0 aliphatic heterocycles. The van der Waals surface area contributed by atoms with E-state index in [0.717, 1.165) is 45.1 Å². The molecule has 2 N–H and O–H groups in total. The molecule has 0 aliphatic carbocycles. The Labute approximate surface area is 857 Å². The number of hydrogen-bond donors (Lipinski definition) is 2. The van der Waals surface area contributed by atoms with Gasteiger partial charge in [0, 0.05) is 211 Å². The predicted molar refractivity (Wildman–Crippen MR) is 438 cm³/mol. The van der Waals surface area contributed by atoms with Crippen LogP contribution in [0.3, 0.4) is 0 Å². The summed E-state index contributed by atoms with van der Waals surface area (Å²) in [5, 5.41) is 2.19. The van der Waals surface area contributed by atoms with Crippen molar-refractivity contribution in [1.82, 2.24) is 0 Å². The first-order valence-corrected chi connectivity index (χ1v) is 39.0. The van der Waals surface area contributed by atoms with E-state index >= 15 is 0 Å². The van der Waals surface area contributed by atoms with Crippen LogP contribution in [0.25, 0.3) is 33.4 Å². The Morgan fingerprint density at radius 3 is 0.733 bits per heavy atom. The van der Waals surface area contributed by atoms with Crippen molar-refractivity contribution >= 4 is 87.9 Å². The summed E-state index contributed by atoms with van der Waals surface area (Å²) in [6, 6.07) is 131. The first-order valence-electron chi connectivity index (χ1n) is 32.6. The summed E-state index contributed by atoms with van der Waals surface area (Å²) in [6.07, 6.45) is 3.03. The number of rotatable bonds is 13. The van der Waals surface area contributed by atoms with E-state index in [1.807, 2.05) is 158 Å². The van der Waals surface area contributed by atoms with Crippen LogP contribution < -0.4 is 0 Å². The third kappa shape index (κ3) is 49.1. The molecular weight excluding hydrogens is 2080 g/mol. The molecule has 26 heteroatoms. The standard InChI is InChI=1S/C13H10Cl2O3S.C13H10Cl2.C13H10O3S.C13H11.C13H10.2C12H8.CH3.2O3S.6Y/c14-11-4-1-9(2-5-11)7-10-3-6-12(15)13(8-10)19(16,17)18;14-12-5-1-10(2-6-12)9-11-3-7-13(15)8-4-11;14-17(15,16)13-8-4-7-12(10-13)9-11-5-2-1-3-6-11;1-11-7-9-13(10-8-11)12-5-3-2-4-6-12;1-3-7-12(8-4-1)11-13-9-5-2-6-10-13;2*1-3-7-11(8-4-1)12-9-5-2-6-10-12;;2*1-4(2)3;;;;;;/h1-6,8H,7H2,(H,16,17,18);1-8H,9H2;2-7,10H,9H2,(H,14,15,16);3-10H,1H3;3-10H,11H2;2*3-10H;1H3;;;;;;;;/q;;-2;-1;3*-2;-1;;;;;;;;. The molecule has 0 spiro atoms. The van der Waals surface area contributed by atoms with Crippen molar-refractivity contribution in [3.05, 3.63) is 460 Å². The molecule has 0 amide bonds. The zero-order valence-electron chi connectivity index (χ0n) is 62.6. The summed E-state index contributed by atoms with van der Waals surface area (Å²) in [6.45, 7) is 2.10. The smallest absolute Gasteiger partial charge is 0.358 e. The Balaban J connectivity index is 0. The van der Waals surface area contributed by atoms with Gasteiger partial charge in [0.2, 0.25) is 0 Å². The van der Waals surface area contributed by atoms with Gasteiger partial charge in [-0.15, -0.1) is 36.9 Å². The van der Waals surface area contributed by atoms with Gasteiger partial charge in [0.25, 0.3) is 20.2 Å². The first kappa shape index (κ1) is 114. The van der Waals surface area contributed by atoms with Crippen molar-refractivity contribution in [2.24, 2.45) is 0 Å². The summed E-state index contributed by atoms with van der Waals surface area (Å²) in [5.41, 5.74) is 17.4. The van der Waals surface area contributed by atoms with Crippen LogP contribution in [0.5, 0.6) is 0 Å². The Kier molecular flexibility index (Phi) is 63.6. The fraction of sp³-hybridized carbons (Fsp3) is 0.0556. The largest absolute Gasteiger partial charge is 0.425 e. The average molecular weight is 2150 g/mol. The molecule has 0 saturated heterocycles. The third-order valence-electron chi connectivity index (χ3n) is 14.8. The molecule has 116 heavy (non-hydrogen) atoms. The molecule has 582 valence electrons. The minimum Gasteiger partial charge on any atom is -0.358 e. The molecule has 0 saturated carbocycles. The number of hydrogen-bond acceptors (Lipinski definition) is 10. The van der Waals surface area contributed by atoms with Gasteiger partial charge in [-0.25, -0.2) is 0 Å². The minimum atomic E-state index is -4.31. The molecule has 0 bridgehead atoms. The molecule has 0 fully saturated rings. The Morgan fingerprint density at radius 1 is 0.276 bits per heavy atom. The van der Waals surface area contributed by atoms with Gasteiger partial charge < -0.3 is 7.43 Å². The maximum absolute atomic E-state index is 11.2. The van der Waals surface area contributed by atoms with E-state index in [0.29, 0.717) is 17.9 Å². The number of halogens is 4. The minimum absolute atomic E-state index is 0. The van der Waals surface area contributed by atoms with Gasteiger partial charge in [0.15, 0.2) is 0 Å². The van der Waals surface area contributed by atoms with Crippen LogP contribution in [-0.2, 0) is 263 Å². The van der Waals surface area contributed by atoms with Crippen LogP contribution in [0.15, 0.2) is 337 Å². The van der Waals surface area contributed by atoms with E-state index in [-0.39, 0.29) is 218 Å². The second kappa shape index (κ2) is 64.7. The number of aryl methyl sites for hydroxylation is 1. The van der Waals surface area contributed by atoms with Crippen molar-refractivity contribution in [3.8, 4) is 33.4 Å². The van der Waals surface area contributed by atoms with Gasteiger partial charge in [-0.2, -0.15) is 322 Å². The van der Waals surface area contributed by atoms with Crippen molar-refractivity contribution < 1.29 is 247 Å². The maximum Gasteiger partial charge on any atom is 0.425 e. The van der Waals surface area contributed by atoms with E-state index in [9.17, 15) is 16.8 Å². The molecule has 14 aromatic carbocycles. The van der Waals surface area contributed by atoms with Crippen LogP contribution >= 0.6 is 46.4 Å². The second-order valence-electron chi connectivity index (χ2n) is 22.8. The summed E-state index contributed by atoms with van der Waals surface area (Å²) in [5.74, 6) is 0. The Hall–Kier alpha value is -4.08. The first-order chi connectivity index (χ1) is 52.4. The van der Waals surface area contributed by atoms with Gasteiger partial charge in [0.1, 0.15) is 4.90 Å². The Morgan fingerprint density at radius 2 is 0.483 bits per heavy atom. The monoisotopic (exact) mass is 2140 g/mol. The van der Waals surface area contributed by atoms with Crippen LogP contribution in [0.1, 0.15) is 50.1 Å². The number of benzene rings is 14. The molecule has 0 atom stereocenters. The quantitative estimate of drug-likeness (QED) is 0.0815. The van der Waals surface area contributed by atoms with E-state index in [4.69, 9.17) is 80.8 Å². The van der Waals surface area contributed by atoms with Crippen LogP contribution in [0.4, 0.5) is 0 Å². The van der Waals surface area contributed by atoms with Crippen molar-refractivity contribution in [3.63, 3.8) is 0 Å². The van der Waals surface area contributed by atoms with Gasteiger partial charge >= 0.3 is 21.2 Å². The van der Waals surface area contributed by atoms with E-state index in [1.54, 1.807) is 36.4 Å². The molecular formula is C90H70Cl4O12S4Y6-10. The predicted octanol–water partition coefficient (Wildman–Crippen LogP) is 21.2. The van der Waals surface area contributed by atoms with E-state index in [2.05, 4.69) is 171 Å². The zero-order chi connectivity index (χ0) is 78.7. The topological polar surface area (TPSA) is 211 Å². The average Bonchev–Trinajstić information content (AvgIpc) is 0.826. The Bertz CT molecular complexity index is 5200. The molecule has 12 nitrogen and oxygen atoms in total. The van der Waals surface area contributed by atoms with Gasteiger partial charge in [-0.3, -0.25) is 9.11 Å². The molecule has 14 aromatic rings. The van der Waals surface area contributed by atoms with Crippen LogP contribution in [0.2, 0.25) is 20.1 Å². The van der Waals surface area contributed by atoms with E-state index in [1.165, 1.54) is 85.5 Å². The normalized spacial score (nSPS) is 9.51. The van der Waals surface area contributed by atoms with Crippen molar-refractivity contribution in [2.45, 2.75) is 42.4 Å². The molecule has 0 aromatic heterocycles. The van der Waals surface area contributed by atoms with Crippen LogP contribution in [-0.4, -0.2) is 51.2 Å². The van der Waals surface area contributed by atoms with Gasteiger partial charge in [0.05, 0.1) is 5.02 Å². The summed E-state index contributed by atoms with van der Waals surface area (Å²) in [4.78, 5) is -0.474. The zero-order valence-corrected chi connectivity index (χ0v) is 85.9. The molecule has 14 rings (SSSR count). The SMILES string of the molecule is Cc1ccc(-c2cc[c-]cc2)cc1.Clc1ccc(Cc2ccc(Cl)cc2)cc1.O=S(=O)(O)c1[c-]ccc(Cc2cc[c-]cc2)c1.O=S(=O)(O)c1cc(Cc2ccc(Cl)cc2)ccc1Cl.O=S(=O)=O.O=S(=O)=O.[CH3-].[Y].[Y].[Y].[Y].[Y].[Y].[c-]1ccc(-c2cc[c-]cc2)cc1.[c-]1ccc(-c2cc[c-]cc2)cc1.[c-]1ccc(Cc2cc[c-]cc2)cc1. The molecule has 0 unspecified atom stereocenters. The van der Waals surface area contributed by atoms with Crippen LogP contribution in [0, 0.1) is 68.9 Å². The third-order valence-corrected chi connectivity index (χ3v) is 17.7.